The molecule has 3 N–H and O–H groups in total. The highest BCUT2D eigenvalue weighted by atomic mass is 79.9. The number of aromatic amines is 1. The fourth-order valence-corrected chi connectivity index (χ4v) is 3.84. The van der Waals surface area contributed by atoms with Gasteiger partial charge >= 0.3 is 6.03 Å². The topological polar surface area (TPSA) is 90.1 Å². The van der Waals surface area contributed by atoms with Crippen LogP contribution in [0.5, 0.6) is 0 Å². The van der Waals surface area contributed by atoms with Crippen LogP contribution in [0.1, 0.15) is 54.4 Å². The van der Waals surface area contributed by atoms with Crippen LogP contribution in [-0.2, 0) is 6.54 Å². The van der Waals surface area contributed by atoms with Crippen LogP contribution >= 0.6 is 15.9 Å². The van der Waals surface area contributed by atoms with E-state index in [9.17, 15) is 9.59 Å². The first-order chi connectivity index (χ1) is 13.0. The normalized spacial score (nSPS) is 13.9. The molecule has 0 atom stereocenters. The number of halogens is 1. The molecule has 1 fully saturated rings. The number of carbonyl (C=O) groups is 2. The lowest BCUT2D eigenvalue weighted by Crippen LogP contribution is -2.32. The zero-order chi connectivity index (χ0) is 19.4. The average molecular weight is 434 g/mol. The number of carbonyl (C=O) groups excluding carboxylic acids is 2. The predicted molar refractivity (Wildman–Crippen MR) is 108 cm³/mol. The Balaban J connectivity index is 1.59. The SMILES string of the molecule is CC(C)c1[nH]nc(C(=O)NCc2cccc(NC(=O)N3CCCC3)c2)c1Br. The van der Waals surface area contributed by atoms with E-state index in [0.29, 0.717) is 16.7 Å². The predicted octanol–water partition coefficient (Wildman–Crippen LogP) is 3.85. The number of rotatable bonds is 5. The summed E-state index contributed by atoms with van der Waals surface area (Å²) in [6.07, 6.45) is 2.11. The highest BCUT2D eigenvalue weighted by molar-refractivity contribution is 9.10. The largest absolute Gasteiger partial charge is 0.347 e. The second-order valence-corrected chi connectivity index (χ2v) is 7.75. The van der Waals surface area contributed by atoms with Gasteiger partial charge in [-0.15, -0.1) is 0 Å². The fraction of sp³-hybridized carbons (Fsp3) is 0.421. The zero-order valence-corrected chi connectivity index (χ0v) is 17.1. The van der Waals surface area contributed by atoms with Gasteiger partial charge in [0.2, 0.25) is 0 Å². The van der Waals surface area contributed by atoms with Crippen LogP contribution in [0.4, 0.5) is 10.5 Å². The molecule has 27 heavy (non-hydrogen) atoms. The summed E-state index contributed by atoms with van der Waals surface area (Å²) in [6.45, 7) is 6.02. The molecule has 0 radical (unpaired) electrons. The maximum Gasteiger partial charge on any atom is 0.321 e. The van der Waals surface area contributed by atoms with E-state index < -0.39 is 0 Å². The van der Waals surface area contributed by atoms with Gasteiger partial charge in [-0.1, -0.05) is 26.0 Å². The summed E-state index contributed by atoms with van der Waals surface area (Å²) in [7, 11) is 0. The molecular formula is C19H24BrN5O2. The Morgan fingerprint density at radius 1 is 1.30 bits per heavy atom. The van der Waals surface area contributed by atoms with Crippen LogP contribution < -0.4 is 10.6 Å². The van der Waals surface area contributed by atoms with E-state index in [1.807, 2.05) is 43.0 Å². The number of hydrogen-bond donors (Lipinski definition) is 3. The van der Waals surface area contributed by atoms with Gasteiger partial charge in [0.15, 0.2) is 5.69 Å². The van der Waals surface area contributed by atoms with Crippen molar-refractivity contribution in [1.82, 2.24) is 20.4 Å². The van der Waals surface area contributed by atoms with Gasteiger partial charge < -0.3 is 15.5 Å². The molecule has 1 aliphatic heterocycles. The number of aromatic nitrogens is 2. The van der Waals surface area contributed by atoms with Crippen molar-refractivity contribution in [2.24, 2.45) is 0 Å². The molecule has 8 heteroatoms. The molecule has 7 nitrogen and oxygen atoms in total. The van der Waals surface area contributed by atoms with E-state index >= 15 is 0 Å². The molecule has 0 unspecified atom stereocenters. The second-order valence-electron chi connectivity index (χ2n) is 6.96. The van der Waals surface area contributed by atoms with E-state index in [4.69, 9.17) is 0 Å². The molecule has 1 aromatic carbocycles. The molecule has 1 aliphatic rings. The molecule has 144 valence electrons. The van der Waals surface area contributed by atoms with Crippen molar-refractivity contribution < 1.29 is 9.59 Å². The van der Waals surface area contributed by atoms with Gasteiger partial charge in [-0.05, 0) is 52.4 Å². The first-order valence-corrected chi connectivity index (χ1v) is 9.92. The quantitative estimate of drug-likeness (QED) is 0.668. The Morgan fingerprint density at radius 3 is 2.70 bits per heavy atom. The summed E-state index contributed by atoms with van der Waals surface area (Å²) < 4.78 is 0.696. The molecule has 0 aliphatic carbocycles. The minimum absolute atomic E-state index is 0.0737. The lowest BCUT2D eigenvalue weighted by atomic mass is 10.1. The summed E-state index contributed by atoms with van der Waals surface area (Å²) >= 11 is 3.44. The standard InChI is InChI=1S/C19H24BrN5O2/c1-12(2)16-15(20)17(24-23-16)18(26)21-11-13-6-5-7-14(10-13)22-19(27)25-8-3-4-9-25/h5-7,10,12H,3-4,8-9,11H2,1-2H3,(H,21,26)(H,22,27)(H,23,24). The fourth-order valence-electron chi connectivity index (χ4n) is 3.02. The third kappa shape index (κ3) is 4.68. The van der Waals surface area contributed by atoms with Crippen LogP contribution in [0.25, 0.3) is 0 Å². The summed E-state index contributed by atoms with van der Waals surface area (Å²) in [5.41, 5.74) is 2.86. The number of likely N-dealkylation sites (tertiary alicyclic amines) is 1. The summed E-state index contributed by atoms with van der Waals surface area (Å²) in [5.74, 6) is -0.0131. The maximum absolute atomic E-state index is 12.4. The molecule has 2 aromatic rings. The maximum atomic E-state index is 12.4. The Bertz CT molecular complexity index is 827. The molecule has 0 spiro atoms. The van der Waals surface area contributed by atoms with E-state index in [1.165, 1.54) is 0 Å². The number of anilines is 1. The van der Waals surface area contributed by atoms with Gasteiger partial charge in [0, 0.05) is 25.3 Å². The molecule has 0 bridgehead atoms. The number of hydrogen-bond acceptors (Lipinski definition) is 3. The minimum Gasteiger partial charge on any atom is -0.347 e. The molecule has 3 rings (SSSR count). The van der Waals surface area contributed by atoms with E-state index in [1.54, 1.807) is 0 Å². The Morgan fingerprint density at radius 2 is 2.04 bits per heavy atom. The van der Waals surface area contributed by atoms with Crippen molar-refractivity contribution in [2.75, 3.05) is 18.4 Å². The minimum atomic E-state index is -0.253. The van der Waals surface area contributed by atoms with E-state index in [-0.39, 0.29) is 17.9 Å². The highest BCUT2D eigenvalue weighted by Gasteiger charge is 2.19. The van der Waals surface area contributed by atoms with Crippen LogP contribution in [-0.4, -0.2) is 40.1 Å². The van der Waals surface area contributed by atoms with Gasteiger partial charge in [0.25, 0.3) is 5.91 Å². The molecular weight excluding hydrogens is 410 g/mol. The van der Waals surface area contributed by atoms with Gasteiger partial charge in [0.1, 0.15) is 0 Å². The summed E-state index contributed by atoms with van der Waals surface area (Å²) in [4.78, 5) is 26.4. The molecule has 0 saturated carbocycles. The number of benzene rings is 1. The Labute approximate surface area is 167 Å². The molecule has 2 heterocycles. The van der Waals surface area contributed by atoms with Crippen molar-refractivity contribution in [2.45, 2.75) is 39.2 Å². The van der Waals surface area contributed by atoms with Crippen molar-refractivity contribution in [1.29, 1.82) is 0 Å². The number of amides is 3. The van der Waals surface area contributed by atoms with Crippen LogP contribution in [0, 0.1) is 0 Å². The lowest BCUT2D eigenvalue weighted by Gasteiger charge is -2.16. The molecule has 1 aromatic heterocycles. The number of nitrogens with zero attached hydrogens (tertiary/aromatic N) is 2. The third-order valence-corrected chi connectivity index (χ3v) is 5.35. The Hall–Kier alpha value is -2.35. The van der Waals surface area contributed by atoms with Gasteiger partial charge in [-0.2, -0.15) is 5.10 Å². The van der Waals surface area contributed by atoms with Crippen LogP contribution in [0.15, 0.2) is 28.7 Å². The molecule has 1 saturated heterocycles. The van der Waals surface area contributed by atoms with Gasteiger partial charge in [0.05, 0.1) is 10.2 Å². The van der Waals surface area contributed by atoms with E-state index in [2.05, 4.69) is 36.8 Å². The number of nitrogens with one attached hydrogen (secondary N) is 3. The smallest absolute Gasteiger partial charge is 0.321 e. The zero-order valence-electron chi connectivity index (χ0n) is 15.5. The summed E-state index contributed by atoms with van der Waals surface area (Å²) in [5, 5.41) is 12.8. The van der Waals surface area contributed by atoms with Crippen molar-refractivity contribution in [3.63, 3.8) is 0 Å². The Kier molecular flexibility index (Phi) is 6.15. The van der Waals surface area contributed by atoms with Crippen molar-refractivity contribution in [3.05, 3.63) is 45.7 Å². The third-order valence-electron chi connectivity index (χ3n) is 4.55. The van der Waals surface area contributed by atoms with Crippen LogP contribution in [0.3, 0.4) is 0 Å². The van der Waals surface area contributed by atoms with Gasteiger partial charge in [-0.25, -0.2) is 4.79 Å². The first kappa shape index (κ1) is 19.4. The number of H-pyrrole nitrogens is 1. The second kappa shape index (κ2) is 8.56. The molecule has 3 amide bonds. The lowest BCUT2D eigenvalue weighted by molar-refractivity contribution is 0.0945. The highest BCUT2D eigenvalue weighted by Crippen LogP contribution is 2.25. The van der Waals surface area contributed by atoms with Gasteiger partial charge in [-0.3, -0.25) is 9.89 Å². The van der Waals surface area contributed by atoms with E-state index in [0.717, 1.165) is 42.9 Å². The van der Waals surface area contributed by atoms with Crippen molar-refractivity contribution >= 4 is 33.6 Å². The van der Waals surface area contributed by atoms with Crippen LogP contribution in [0.2, 0.25) is 0 Å². The first-order valence-electron chi connectivity index (χ1n) is 9.12. The van der Waals surface area contributed by atoms with Crippen molar-refractivity contribution in [3.8, 4) is 0 Å². The average Bonchev–Trinajstić information content (AvgIpc) is 3.30. The number of urea groups is 1. The monoisotopic (exact) mass is 433 g/mol. The summed E-state index contributed by atoms with van der Waals surface area (Å²) in [6, 6.07) is 7.41.